The van der Waals surface area contributed by atoms with Crippen LogP contribution in [0, 0.1) is 13.8 Å². The maximum atomic E-state index is 12.4. The number of methoxy groups -OCH3 is 1. The number of ketones is 1. The van der Waals surface area contributed by atoms with Crippen LogP contribution >= 0.6 is 27.3 Å². The van der Waals surface area contributed by atoms with Crippen LogP contribution in [0.1, 0.15) is 38.5 Å². The monoisotopic (exact) mass is 423 g/mol. The zero-order chi connectivity index (χ0) is 18.6. The first kappa shape index (κ1) is 19.7. The molecule has 0 bridgehead atoms. The Hall–Kier alpha value is -1.66. The summed E-state index contributed by atoms with van der Waals surface area (Å²) in [7, 11) is 3.35. The topological polar surface area (TPSA) is 46.6 Å². The van der Waals surface area contributed by atoms with E-state index >= 15 is 0 Å². The second-order valence-corrected chi connectivity index (χ2v) is 8.33. The SMILES string of the molecule is COc1ccc(Br)cc1CN(C)C(=O)CCC(=O)c1cc(C)sc1C. The number of amides is 1. The molecule has 0 saturated heterocycles. The third-order valence-corrected chi connectivity index (χ3v) is 5.44. The molecule has 2 rings (SSSR count). The first-order valence-corrected chi connectivity index (χ1v) is 9.59. The predicted molar refractivity (Wildman–Crippen MR) is 105 cm³/mol. The molecule has 1 aromatic carbocycles. The van der Waals surface area contributed by atoms with E-state index in [2.05, 4.69) is 15.9 Å². The number of thiophene rings is 1. The van der Waals surface area contributed by atoms with Gasteiger partial charge in [-0.15, -0.1) is 11.3 Å². The van der Waals surface area contributed by atoms with Crippen LogP contribution in [0.5, 0.6) is 5.75 Å². The van der Waals surface area contributed by atoms with Crippen molar-refractivity contribution in [2.24, 2.45) is 0 Å². The van der Waals surface area contributed by atoms with Gasteiger partial charge in [-0.25, -0.2) is 0 Å². The lowest BCUT2D eigenvalue weighted by atomic mass is 10.1. The summed E-state index contributed by atoms with van der Waals surface area (Å²) < 4.78 is 6.27. The largest absolute Gasteiger partial charge is 0.496 e. The van der Waals surface area contributed by atoms with E-state index in [9.17, 15) is 9.59 Å². The molecule has 0 spiro atoms. The number of Topliss-reactive ketones (excluding diaryl/α,β-unsaturated/α-hetero) is 1. The summed E-state index contributed by atoms with van der Waals surface area (Å²) >= 11 is 5.04. The lowest BCUT2D eigenvalue weighted by Gasteiger charge is -2.19. The van der Waals surface area contributed by atoms with Gasteiger partial charge >= 0.3 is 0 Å². The highest BCUT2D eigenvalue weighted by molar-refractivity contribution is 9.10. The number of ether oxygens (including phenoxy) is 1. The van der Waals surface area contributed by atoms with Crippen LogP contribution in [0.4, 0.5) is 0 Å². The fourth-order valence-corrected chi connectivity index (χ4v) is 4.02. The standard InChI is InChI=1S/C19H22BrNO3S/c1-12-9-16(13(2)25-12)17(22)6-8-19(23)21(3)11-14-10-15(20)5-7-18(14)24-4/h5,7,9-10H,6,8,11H2,1-4H3. The van der Waals surface area contributed by atoms with E-state index < -0.39 is 0 Å². The lowest BCUT2D eigenvalue weighted by Crippen LogP contribution is -2.26. The fraction of sp³-hybridized carbons (Fsp3) is 0.368. The first-order valence-electron chi connectivity index (χ1n) is 7.98. The van der Waals surface area contributed by atoms with Gasteiger partial charge in [-0.3, -0.25) is 9.59 Å². The summed E-state index contributed by atoms with van der Waals surface area (Å²) in [6.07, 6.45) is 0.440. The maximum absolute atomic E-state index is 12.4. The first-order chi connectivity index (χ1) is 11.8. The number of rotatable bonds is 7. The van der Waals surface area contributed by atoms with Crippen LogP contribution in [0.15, 0.2) is 28.7 Å². The van der Waals surface area contributed by atoms with E-state index in [1.165, 1.54) is 0 Å². The normalized spacial score (nSPS) is 10.6. The molecule has 0 aliphatic heterocycles. The van der Waals surface area contributed by atoms with Crippen molar-refractivity contribution in [1.29, 1.82) is 0 Å². The Morgan fingerprint density at radius 2 is 1.92 bits per heavy atom. The molecule has 1 aromatic heterocycles. The summed E-state index contributed by atoms with van der Waals surface area (Å²) in [5, 5.41) is 0. The minimum atomic E-state index is -0.0556. The smallest absolute Gasteiger partial charge is 0.223 e. The maximum Gasteiger partial charge on any atom is 0.223 e. The molecule has 25 heavy (non-hydrogen) atoms. The number of halogens is 1. The van der Waals surface area contributed by atoms with Crippen molar-refractivity contribution in [1.82, 2.24) is 4.90 Å². The Morgan fingerprint density at radius 1 is 1.20 bits per heavy atom. The molecule has 0 unspecified atom stereocenters. The number of hydrogen-bond acceptors (Lipinski definition) is 4. The van der Waals surface area contributed by atoms with Crippen LogP contribution in [0.2, 0.25) is 0 Å². The number of carbonyl (C=O) groups excluding carboxylic acids is 2. The molecule has 2 aromatic rings. The third kappa shape index (κ3) is 5.16. The molecular formula is C19H22BrNO3S. The summed E-state index contributed by atoms with van der Waals surface area (Å²) in [6.45, 7) is 4.36. The van der Waals surface area contributed by atoms with Crippen LogP contribution in [0.3, 0.4) is 0 Å². The number of nitrogens with zero attached hydrogens (tertiary/aromatic N) is 1. The van der Waals surface area contributed by atoms with Gasteiger partial charge in [0.25, 0.3) is 0 Å². The van der Waals surface area contributed by atoms with E-state index in [0.29, 0.717) is 6.54 Å². The average molecular weight is 424 g/mol. The molecule has 6 heteroatoms. The van der Waals surface area contributed by atoms with Crippen LogP contribution in [-0.4, -0.2) is 30.7 Å². The highest BCUT2D eigenvalue weighted by Crippen LogP contribution is 2.25. The molecule has 0 atom stereocenters. The van der Waals surface area contributed by atoms with E-state index in [1.54, 1.807) is 30.4 Å². The van der Waals surface area contributed by atoms with Crippen molar-refractivity contribution in [2.45, 2.75) is 33.2 Å². The van der Waals surface area contributed by atoms with Gasteiger partial charge in [0, 0.05) is 51.8 Å². The molecule has 1 amide bonds. The summed E-state index contributed by atoms with van der Waals surface area (Å²) in [5.74, 6) is 0.715. The summed E-state index contributed by atoms with van der Waals surface area (Å²) in [6, 6.07) is 7.60. The molecule has 0 radical (unpaired) electrons. The van der Waals surface area contributed by atoms with E-state index in [1.807, 2.05) is 38.1 Å². The van der Waals surface area contributed by atoms with Gasteiger partial charge < -0.3 is 9.64 Å². The van der Waals surface area contributed by atoms with E-state index in [-0.39, 0.29) is 24.5 Å². The minimum absolute atomic E-state index is 0.0311. The third-order valence-electron chi connectivity index (χ3n) is 3.98. The van der Waals surface area contributed by atoms with Crippen molar-refractivity contribution in [3.05, 3.63) is 49.6 Å². The van der Waals surface area contributed by atoms with Crippen molar-refractivity contribution < 1.29 is 14.3 Å². The molecular weight excluding hydrogens is 402 g/mol. The number of benzene rings is 1. The predicted octanol–water partition coefficient (Wildman–Crippen LogP) is 4.76. The van der Waals surface area contributed by atoms with Gasteiger partial charge in [0.2, 0.25) is 5.91 Å². The van der Waals surface area contributed by atoms with Crippen LogP contribution in [0.25, 0.3) is 0 Å². The van der Waals surface area contributed by atoms with E-state index in [0.717, 1.165) is 31.1 Å². The molecule has 0 saturated carbocycles. The average Bonchev–Trinajstić information content (AvgIpc) is 2.91. The van der Waals surface area contributed by atoms with Gasteiger partial charge in [-0.05, 0) is 38.1 Å². The quantitative estimate of drug-likeness (QED) is 0.603. The molecule has 4 nitrogen and oxygen atoms in total. The molecule has 0 aliphatic rings. The zero-order valence-electron chi connectivity index (χ0n) is 14.9. The van der Waals surface area contributed by atoms with Crippen molar-refractivity contribution >= 4 is 39.0 Å². The molecule has 1 heterocycles. The van der Waals surface area contributed by atoms with Crippen molar-refractivity contribution in [2.75, 3.05) is 14.2 Å². The van der Waals surface area contributed by atoms with Gasteiger partial charge in [-0.2, -0.15) is 0 Å². The van der Waals surface area contributed by atoms with Gasteiger partial charge in [0.05, 0.1) is 7.11 Å². The van der Waals surface area contributed by atoms with Gasteiger partial charge in [0.1, 0.15) is 5.75 Å². The fourth-order valence-electron chi connectivity index (χ4n) is 2.67. The highest BCUT2D eigenvalue weighted by atomic mass is 79.9. The Kier molecular flexibility index (Phi) is 6.79. The second kappa shape index (κ2) is 8.63. The Labute approximate surface area is 160 Å². The number of hydrogen-bond donors (Lipinski definition) is 0. The molecule has 0 fully saturated rings. The Bertz CT molecular complexity index is 785. The van der Waals surface area contributed by atoms with Crippen molar-refractivity contribution in [3.63, 3.8) is 0 Å². The Morgan fingerprint density at radius 3 is 2.52 bits per heavy atom. The summed E-state index contributed by atoms with van der Waals surface area (Å²) in [5.41, 5.74) is 1.66. The Balaban J connectivity index is 1.95. The molecule has 134 valence electrons. The lowest BCUT2D eigenvalue weighted by molar-refractivity contribution is -0.130. The summed E-state index contributed by atoms with van der Waals surface area (Å²) in [4.78, 5) is 28.5. The van der Waals surface area contributed by atoms with Crippen molar-refractivity contribution in [3.8, 4) is 5.75 Å². The molecule has 0 N–H and O–H groups in total. The minimum Gasteiger partial charge on any atom is -0.496 e. The second-order valence-electron chi connectivity index (χ2n) is 5.96. The van der Waals surface area contributed by atoms with Gasteiger partial charge in [-0.1, -0.05) is 15.9 Å². The van der Waals surface area contributed by atoms with Crippen LogP contribution in [-0.2, 0) is 11.3 Å². The molecule has 0 aliphatic carbocycles. The van der Waals surface area contributed by atoms with E-state index in [4.69, 9.17) is 4.74 Å². The number of aryl methyl sites for hydroxylation is 2. The van der Waals surface area contributed by atoms with Gasteiger partial charge in [0.15, 0.2) is 5.78 Å². The highest BCUT2D eigenvalue weighted by Gasteiger charge is 2.17. The van der Waals surface area contributed by atoms with Crippen LogP contribution < -0.4 is 4.74 Å². The number of carbonyl (C=O) groups is 2. The zero-order valence-corrected chi connectivity index (χ0v) is 17.3.